The Hall–Kier alpha value is -1.16. The van der Waals surface area contributed by atoms with Crippen LogP contribution in [0.3, 0.4) is 0 Å². The first-order valence-electron chi connectivity index (χ1n) is 9.24. The number of likely N-dealkylation sites (tertiary alicyclic amines) is 1. The maximum absolute atomic E-state index is 13.9. The molecule has 146 valence electrons. The number of aliphatic imine (C=N–C) groups is 1. The quantitative estimate of drug-likeness (QED) is 0.387. The highest BCUT2D eigenvalue weighted by molar-refractivity contribution is 14.0. The summed E-state index contributed by atoms with van der Waals surface area (Å²) < 4.78 is 13.9. The van der Waals surface area contributed by atoms with Crippen molar-refractivity contribution in [3.8, 4) is 0 Å². The molecule has 8 heteroatoms. The van der Waals surface area contributed by atoms with Crippen molar-refractivity contribution in [3.05, 3.63) is 24.1 Å². The molecular formula is C18H30FIN6. The predicted molar refractivity (Wildman–Crippen MR) is 115 cm³/mol. The monoisotopic (exact) mass is 476 g/mol. The van der Waals surface area contributed by atoms with Crippen molar-refractivity contribution in [2.45, 2.75) is 25.8 Å². The van der Waals surface area contributed by atoms with E-state index in [1.54, 1.807) is 12.3 Å². The number of halogens is 2. The molecule has 2 aliphatic rings. The summed E-state index contributed by atoms with van der Waals surface area (Å²) >= 11 is 0. The molecule has 2 saturated heterocycles. The summed E-state index contributed by atoms with van der Waals surface area (Å²) in [5.74, 6) is 1.70. The number of nitrogens with zero attached hydrogens (tertiary/aromatic N) is 4. The van der Waals surface area contributed by atoms with Crippen LogP contribution in [0.5, 0.6) is 0 Å². The molecule has 0 aliphatic carbocycles. The fourth-order valence-electron chi connectivity index (χ4n) is 3.59. The lowest BCUT2D eigenvalue weighted by atomic mass is 10.1. The van der Waals surface area contributed by atoms with Crippen molar-refractivity contribution in [2.24, 2.45) is 10.9 Å². The molecule has 2 unspecified atom stereocenters. The second kappa shape index (κ2) is 10.2. The summed E-state index contributed by atoms with van der Waals surface area (Å²) in [5.41, 5.74) is 0. The van der Waals surface area contributed by atoms with E-state index >= 15 is 0 Å². The van der Waals surface area contributed by atoms with E-state index in [2.05, 4.69) is 34.5 Å². The molecule has 2 N–H and O–H groups in total. The maximum atomic E-state index is 13.9. The van der Waals surface area contributed by atoms with Crippen LogP contribution in [-0.2, 0) is 0 Å². The predicted octanol–water partition coefficient (Wildman–Crippen LogP) is 1.92. The van der Waals surface area contributed by atoms with Gasteiger partial charge in [-0.25, -0.2) is 9.37 Å². The zero-order valence-electron chi connectivity index (χ0n) is 15.6. The Kier molecular flexibility index (Phi) is 8.33. The normalized spacial score (nSPS) is 23.8. The van der Waals surface area contributed by atoms with Gasteiger partial charge in [-0.15, -0.1) is 24.0 Å². The summed E-state index contributed by atoms with van der Waals surface area (Å²) in [6.45, 7) is 7.59. The van der Waals surface area contributed by atoms with E-state index in [1.165, 1.54) is 12.5 Å². The molecule has 1 aromatic heterocycles. The average Bonchev–Trinajstić information content (AvgIpc) is 3.22. The second-order valence-electron chi connectivity index (χ2n) is 7.02. The van der Waals surface area contributed by atoms with Gasteiger partial charge >= 0.3 is 0 Å². The Bertz CT molecular complexity index is 599. The third kappa shape index (κ3) is 5.67. The molecule has 2 aliphatic heterocycles. The number of hydrogen-bond donors (Lipinski definition) is 2. The van der Waals surface area contributed by atoms with Gasteiger partial charge in [0, 0.05) is 45.0 Å². The van der Waals surface area contributed by atoms with Crippen LogP contribution < -0.4 is 15.5 Å². The van der Waals surface area contributed by atoms with Gasteiger partial charge in [0.2, 0.25) is 0 Å². The molecule has 6 nitrogen and oxygen atoms in total. The molecule has 3 rings (SSSR count). The van der Waals surface area contributed by atoms with Crippen molar-refractivity contribution in [1.29, 1.82) is 0 Å². The van der Waals surface area contributed by atoms with Gasteiger partial charge in [-0.1, -0.05) is 0 Å². The van der Waals surface area contributed by atoms with Crippen LogP contribution in [0.15, 0.2) is 23.3 Å². The van der Waals surface area contributed by atoms with Crippen LogP contribution >= 0.6 is 24.0 Å². The van der Waals surface area contributed by atoms with E-state index in [9.17, 15) is 4.39 Å². The van der Waals surface area contributed by atoms with Gasteiger partial charge in [0.15, 0.2) is 17.6 Å². The van der Waals surface area contributed by atoms with E-state index in [-0.39, 0.29) is 35.8 Å². The van der Waals surface area contributed by atoms with E-state index < -0.39 is 0 Å². The first-order chi connectivity index (χ1) is 12.2. The third-order valence-electron chi connectivity index (χ3n) is 4.91. The summed E-state index contributed by atoms with van der Waals surface area (Å²) in [4.78, 5) is 13.3. The minimum atomic E-state index is -0.255. The van der Waals surface area contributed by atoms with E-state index in [1.807, 2.05) is 4.90 Å². The van der Waals surface area contributed by atoms with Gasteiger partial charge in [0.05, 0.1) is 0 Å². The Morgan fingerprint density at radius 2 is 2.19 bits per heavy atom. The van der Waals surface area contributed by atoms with Gasteiger partial charge in [0.1, 0.15) is 0 Å². The number of guanidine groups is 1. The first kappa shape index (κ1) is 21.1. The van der Waals surface area contributed by atoms with Crippen molar-refractivity contribution in [2.75, 3.05) is 51.2 Å². The van der Waals surface area contributed by atoms with Crippen LogP contribution in [0.2, 0.25) is 0 Å². The Labute approximate surface area is 172 Å². The lowest BCUT2D eigenvalue weighted by Crippen LogP contribution is -2.45. The van der Waals surface area contributed by atoms with Gasteiger partial charge in [0.25, 0.3) is 0 Å². The van der Waals surface area contributed by atoms with Crippen LogP contribution in [0.4, 0.5) is 10.2 Å². The Morgan fingerprint density at radius 3 is 2.88 bits per heavy atom. The minimum absolute atomic E-state index is 0. The molecule has 0 spiro atoms. The van der Waals surface area contributed by atoms with Gasteiger partial charge in [-0.3, -0.25) is 4.99 Å². The second-order valence-corrected chi connectivity index (χ2v) is 7.02. The molecule has 0 radical (unpaired) electrons. The molecule has 2 atom stereocenters. The van der Waals surface area contributed by atoms with E-state index in [0.29, 0.717) is 11.7 Å². The molecule has 26 heavy (non-hydrogen) atoms. The summed E-state index contributed by atoms with van der Waals surface area (Å²) in [6, 6.07) is 3.35. The molecule has 2 fully saturated rings. The van der Waals surface area contributed by atoms with Crippen LogP contribution in [0.1, 0.15) is 19.8 Å². The fourth-order valence-corrected chi connectivity index (χ4v) is 3.59. The summed E-state index contributed by atoms with van der Waals surface area (Å²) in [7, 11) is 2.16. The average molecular weight is 476 g/mol. The topological polar surface area (TPSA) is 55.8 Å². The number of hydrogen-bond acceptors (Lipinski definition) is 4. The van der Waals surface area contributed by atoms with Gasteiger partial charge < -0.3 is 20.4 Å². The maximum Gasteiger partial charge on any atom is 0.191 e. The Morgan fingerprint density at radius 1 is 1.35 bits per heavy atom. The van der Waals surface area contributed by atoms with Gasteiger partial charge in [-0.2, -0.15) is 0 Å². The summed E-state index contributed by atoms with van der Waals surface area (Å²) in [5, 5.41) is 6.83. The SMILES string of the molecule is CCNC(=NCC1CCN(C)C1)NC1CCN(c2ncccc2F)C1.I. The van der Waals surface area contributed by atoms with Crippen molar-refractivity contribution in [1.82, 2.24) is 20.5 Å². The lowest BCUT2D eigenvalue weighted by Gasteiger charge is -2.20. The highest BCUT2D eigenvalue weighted by Crippen LogP contribution is 2.20. The Balaban J connectivity index is 0.00000243. The highest BCUT2D eigenvalue weighted by Gasteiger charge is 2.26. The van der Waals surface area contributed by atoms with Crippen molar-refractivity contribution < 1.29 is 4.39 Å². The molecule has 0 saturated carbocycles. The van der Waals surface area contributed by atoms with Crippen LogP contribution in [0, 0.1) is 11.7 Å². The summed E-state index contributed by atoms with van der Waals surface area (Å²) in [6.07, 6.45) is 3.81. The molecule has 1 aromatic rings. The fraction of sp³-hybridized carbons (Fsp3) is 0.667. The molecule has 0 amide bonds. The number of anilines is 1. The molecular weight excluding hydrogens is 446 g/mol. The number of nitrogens with one attached hydrogen (secondary N) is 2. The zero-order valence-corrected chi connectivity index (χ0v) is 17.9. The number of aromatic nitrogens is 1. The van der Waals surface area contributed by atoms with E-state index in [4.69, 9.17) is 4.99 Å². The lowest BCUT2D eigenvalue weighted by molar-refractivity contribution is 0.397. The number of pyridine rings is 1. The highest BCUT2D eigenvalue weighted by atomic mass is 127. The smallest absolute Gasteiger partial charge is 0.191 e. The van der Waals surface area contributed by atoms with Gasteiger partial charge in [-0.05, 0) is 51.4 Å². The largest absolute Gasteiger partial charge is 0.357 e. The van der Waals surface area contributed by atoms with Crippen molar-refractivity contribution in [3.63, 3.8) is 0 Å². The zero-order chi connectivity index (χ0) is 17.6. The van der Waals surface area contributed by atoms with Crippen LogP contribution in [0.25, 0.3) is 0 Å². The standard InChI is InChI=1S/C18H29FN6.HI/c1-3-20-18(22-11-14-6-9-24(2)12-14)23-15-7-10-25(13-15)17-16(19)5-4-8-21-17;/h4-5,8,14-15H,3,6-7,9-13H2,1-2H3,(H2,20,22,23);1H. The van der Waals surface area contributed by atoms with Crippen molar-refractivity contribution >= 4 is 35.8 Å². The third-order valence-corrected chi connectivity index (χ3v) is 4.91. The number of rotatable bonds is 5. The first-order valence-corrected chi connectivity index (χ1v) is 9.24. The molecule has 0 bridgehead atoms. The molecule has 3 heterocycles. The minimum Gasteiger partial charge on any atom is -0.357 e. The van der Waals surface area contributed by atoms with Crippen LogP contribution in [-0.4, -0.2) is 68.2 Å². The molecule has 0 aromatic carbocycles. The van der Waals surface area contributed by atoms with E-state index in [0.717, 1.165) is 51.6 Å².